The Hall–Kier alpha value is -1.05. The van der Waals surface area contributed by atoms with Crippen molar-refractivity contribution in [3.8, 4) is 0 Å². The van der Waals surface area contributed by atoms with Crippen molar-refractivity contribution >= 4 is 5.69 Å². The lowest BCUT2D eigenvalue weighted by Crippen LogP contribution is -2.10. The molecule has 0 saturated carbocycles. The van der Waals surface area contributed by atoms with Gasteiger partial charge in [0.2, 0.25) is 0 Å². The van der Waals surface area contributed by atoms with Crippen LogP contribution in [0.25, 0.3) is 0 Å². The highest BCUT2D eigenvalue weighted by Gasteiger charge is 2.00. The fourth-order valence-electron chi connectivity index (χ4n) is 0.753. The van der Waals surface area contributed by atoms with Gasteiger partial charge < -0.3 is 4.90 Å². The van der Waals surface area contributed by atoms with Crippen LogP contribution in [0.1, 0.15) is 0 Å². The Labute approximate surface area is 60.1 Å². The predicted molar refractivity (Wildman–Crippen MR) is 39.6 cm³/mol. The average molecular weight is 138 g/mol. The van der Waals surface area contributed by atoms with Crippen LogP contribution in [0.15, 0.2) is 18.2 Å². The average Bonchev–Trinajstić information content (AvgIpc) is 1.88. The lowest BCUT2D eigenvalue weighted by Gasteiger charge is -2.11. The molecule has 0 atom stereocenters. The number of hydrogen-bond donors (Lipinski definition) is 0. The summed E-state index contributed by atoms with van der Waals surface area (Å²) in [6, 6.07) is 7.51. The fraction of sp³-hybridized carbons (Fsp3) is 0.250. The van der Waals surface area contributed by atoms with Crippen LogP contribution in [0.2, 0.25) is 0 Å². The van der Waals surface area contributed by atoms with E-state index >= 15 is 0 Å². The minimum Gasteiger partial charge on any atom is -0.375 e. The summed E-state index contributed by atoms with van der Waals surface area (Å²) >= 11 is 0. The molecule has 0 N–H and O–H groups in total. The Bertz CT molecular complexity index is 220. The van der Waals surface area contributed by atoms with Crippen molar-refractivity contribution in [2.45, 2.75) is 0 Å². The maximum atomic E-state index is 12.7. The van der Waals surface area contributed by atoms with Gasteiger partial charge in [-0.25, -0.2) is 4.39 Å². The first-order valence-corrected chi connectivity index (χ1v) is 3.05. The van der Waals surface area contributed by atoms with Crippen molar-refractivity contribution in [3.05, 3.63) is 30.1 Å². The van der Waals surface area contributed by atoms with E-state index in [1.54, 1.807) is 37.2 Å². The summed E-state index contributed by atoms with van der Waals surface area (Å²) < 4.78 is 12.7. The summed E-state index contributed by atoms with van der Waals surface area (Å²) in [4.78, 5) is 1.71. The van der Waals surface area contributed by atoms with Gasteiger partial charge in [-0.05, 0) is 6.07 Å². The topological polar surface area (TPSA) is 3.24 Å². The Morgan fingerprint density at radius 1 is 1.50 bits per heavy atom. The number of benzene rings is 1. The molecule has 1 nitrogen and oxygen atoms in total. The van der Waals surface area contributed by atoms with E-state index in [0.29, 0.717) is 5.69 Å². The minimum absolute atomic E-state index is 0.299. The lowest BCUT2D eigenvalue weighted by atomic mass is 10.3. The highest BCUT2D eigenvalue weighted by molar-refractivity contribution is 5.45. The van der Waals surface area contributed by atoms with E-state index < -0.39 is 0 Å². The molecule has 0 aliphatic carbocycles. The normalized spacial score (nSPS) is 9.50. The molecule has 0 aliphatic rings. The summed E-state index contributed by atoms with van der Waals surface area (Å²) in [5.74, 6) is -0.299. The van der Waals surface area contributed by atoms with E-state index in [1.807, 2.05) is 0 Å². The molecule has 0 aliphatic heterocycles. The lowest BCUT2D eigenvalue weighted by molar-refractivity contribution is 0.624. The first kappa shape index (κ1) is 7.06. The second-order valence-corrected chi connectivity index (χ2v) is 2.26. The standard InChI is InChI=1S/C8H9FN/c1-10(2)8-6-4-3-5-7(8)9/h3-4,6H,1-2H3. The van der Waals surface area contributed by atoms with E-state index in [-0.39, 0.29) is 5.82 Å². The molecular formula is C8H9FN. The largest absolute Gasteiger partial charge is 0.375 e. The van der Waals surface area contributed by atoms with Gasteiger partial charge in [0, 0.05) is 20.2 Å². The molecule has 0 unspecified atom stereocenters. The number of hydrogen-bond acceptors (Lipinski definition) is 1. The van der Waals surface area contributed by atoms with Gasteiger partial charge in [0.1, 0.15) is 0 Å². The molecule has 2 heteroatoms. The molecular weight excluding hydrogens is 129 g/mol. The van der Waals surface area contributed by atoms with Gasteiger partial charge in [-0.1, -0.05) is 12.1 Å². The number of anilines is 1. The number of nitrogens with zero attached hydrogens (tertiary/aromatic N) is 1. The van der Waals surface area contributed by atoms with Crippen molar-refractivity contribution in [3.63, 3.8) is 0 Å². The monoisotopic (exact) mass is 138 g/mol. The zero-order valence-corrected chi connectivity index (χ0v) is 6.06. The molecule has 0 heterocycles. The summed E-state index contributed by atoms with van der Waals surface area (Å²) in [5, 5.41) is 0. The molecule has 0 bridgehead atoms. The predicted octanol–water partition coefficient (Wildman–Crippen LogP) is 1.69. The summed E-state index contributed by atoms with van der Waals surface area (Å²) in [6.45, 7) is 0. The van der Waals surface area contributed by atoms with Gasteiger partial charge in [-0.3, -0.25) is 0 Å². The highest BCUT2D eigenvalue weighted by Crippen LogP contribution is 2.13. The van der Waals surface area contributed by atoms with Gasteiger partial charge in [-0.2, -0.15) is 0 Å². The molecule has 0 amide bonds. The van der Waals surface area contributed by atoms with Crippen molar-refractivity contribution < 1.29 is 4.39 Å². The van der Waals surface area contributed by atoms with Crippen LogP contribution in [-0.4, -0.2) is 14.1 Å². The molecule has 1 radical (unpaired) electrons. The number of halogens is 1. The zero-order valence-electron chi connectivity index (χ0n) is 6.06. The summed E-state index contributed by atoms with van der Waals surface area (Å²) in [7, 11) is 3.60. The SMILES string of the molecule is CN(C)c1ccc[c]c1F. The van der Waals surface area contributed by atoms with Gasteiger partial charge in [0.15, 0.2) is 5.82 Å². The molecule has 0 aromatic heterocycles. The third kappa shape index (κ3) is 1.26. The van der Waals surface area contributed by atoms with Gasteiger partial charge >= 0.3 is 0 Å². The van der Waals surface area contributed by atoms with Crippen LogP contribution in [-0.2, 0) is 0 Å². The Balaban J connectivity index is 3.03. The molecule has 0 spiro atoms. The van der Waals surface area contributed by atoms with Crippen LogP contribution in [0, 0.1) is 11.9 Å². The fourth-order valence-corrected chi connectivity index (χ4v) is 0.753. The highest BCUT2D eigenvalue weighted by atomic mass is 19.1. The zero-order chi connectivity index (χ0) is 7.56. The second-order valence-electron chi connectivity index (χ2n) is 2.26. The van der Waals surface area contributed by atoms with Crippen molar-refractivity contribution in [2.75, 3.05) is 19.0 Å². The first-order valence-electron chi connectivity index (χ1n) is 3.05. The molecule has 53 valence electrons. The van der Waals surface area contributed by atoms with E-state index in [0.717, 1.165) is 0 Å². The van der Waals surface area contributed by atoms with Gasteiger partial charge in [0.25, 0.3) is 0 Å². The Morgan fingerprint density at radius 3 is 2.60 bits per heavy atom. The third-order valence-corrected chi connectivity index (χ3v) is 1.27. The van der Waals surface area contributed by atoms with Crippen LogP contribution < -0.4 is 4.90 Å². The quantitative estimate of drug-likeness (QED) is 0.570. The maximum Gasteiger partial charge on any atom is 0.154 e. The van der Waals surface area contributed by atoms with E-state index in [9.17, 15) is 4.39 Å². The van der Waals surface area contributed by atoms with Crippen molar-refractivity contribution in [1.82, 2.24) is 0 Å². The van der Waals surface area contributed by atoms with Crippen LogP contribution in [0.4, 0.5) is 10.1 Å². The Morgan fingerprint density at radius 2 is 2.20 bits per heavy atom. The van der Waals surface area contributed by atoms with Crippen LogP contribution in [0.3, 0.4) is 0 Å². The van der Waals surface area contributed by atoms with Gasteiger partial charge in [0.05, 0.1) is 5.69 Å². The molecule has 1 aromatic carbocycles. The second kappa shape index (κ2) is 2.69. The van der Waals surface area contributed by atoms with Crippen LogP contribution >= 0.6 is 0 Å². The van der Waals surface area contributed by atoms with E-state index in [4.69, 9.17) is 0 Å². The molecule has 0 saturated heterocycles. The van der Waals surface area contributed by atoms with E-state index in [2.05, 4.69) is 6.07 Å². The van der Waals surface area contributed by atoms with Gasteiger partial charge in [-0.15, -0.1) is 0 Å². The summed E-state index contributed by atoms with van der Waals surface area (Å²) in [6.07, 6.45) is 0. The smallest absolute Gasteiger partial charge is 0.154 e. The summed E-state index contributed by atoms with van der Waals surface area (Å²) in [5.41, 5.74) is 0.572. The Kier molecular flexibility index (Phi) is 1.90. The molecule has 1 rings (SSSR count). The number of rotatable bonds is 1. The van der Waals surface area contributed by atoms with Crippen LogP contribution in [0.5, 0.6) is 0 Å². The van der Waals surface area contributed by atoms with Crippen molar-refractivity contribution in [2.24, 2.45) is 0 Å². The maximum absolute atomic E-state index is 12.7. The minimum atomic E-state index is -0.299. The van der Waals surface area contributed by atoms with Crippen molar-refractivity contribution in [1.29, 1.82) is 0 Å². The molecule has 0 fully saturated rings. The van der Waals surface area contributed by atoms with E-state index in [1.165, 1.54) is 0 Å². The molecule has 1 aromatic rings. The first-order chi connectivity index (χ1) is 4.72. The third-order valence-electron chi connectivity index (χ3n) is 1.27. The molecule has 10 heavy (non-hydrogen) atoms.